The minimum Gasteiger partial charge on any atom is -0.348 e. The Balaban J connectivity index is 1.54. The van der Waals surface area contributed by atoms with Crippen molar-refractivity contribution in [2.45, 2.75) is 18.9 Å². The zero-order valence-corrected chi connectivity index (χ0v) is 12.8. The van der Waals surface area contributed by atoms with E-state index in [4.69, 9.17) is 0 Å². The van der Waals surface area contributed by atoms with Gasteiger partial charge in [-0.1, -0.05) is 0 Å². The average Bonchev–Trinajstić information content (AvgIpc) is 2.63. The highest BCUT2D eigenvalue weighted by Gasteiger charge is 2.25. The molecule has 0 aromatic carbocycles. The number of hydrogen-bond acceptors (Lipinski definition) is 6. The van der Waals surface area contributed by atoms with Crippen molar-refractivity contribution in [2.24, 2.45) is 0 Å². The maximum atomic E-state index is 12.3. The van der Waals surface area contributed by atoms with Gasteiger partial charge >= 0.3 is 0 Å². The number of carbonyl (C=O) groups excluding carboxylic acids is 2. The van der Waals surface area contributed by atoms with E-state index in [1.807, 2.05) is 0 Å². The Labute approximate surface area is 137 Å². The van der Waals surface area contributed by atoms with Gasteiger partial charge in [0.05, 0.1) is 6.20 Å². The highest BCUT2D eigenvalue weighted by atomic mass is 16.2. The number of H-pyrrole nitrogens is 1. The minimum atomic E-state index is -0.350. The van der Waals surface area contributed by atoms with E-state index in [-0.39, 0.29) is 34.8 Å². The third-order valence-electron chi connectivity index (χ3n) is 3.81. The van der Waals surface area contributed by atoms with Gasteiger partial charge in [0, 0.05) is 37.6 Å². The Bertz CT molecular complexity index is 763. The van der Waals surface area contributed by atoms with E-state index in [2.05, 4.69) is 25.5 Å². The van der Waals surface area contributed by atoms with E-state index in [1.165, 1.54) is 30.7 Å². The number of likely N-dealkylation sites (tertiary alicyclic amines) is 1. The summed E-state index contributed by atoms with van der Waals surface area (Å²) in [6.07, 6.45) is 5.66. The van der Waals surface area contributed by atoms with Crippen molar-refractivity contribution in [3.8, 4) is 0 Å². The fourth-order valence-corrected chi connectivity index (χ4v) is 2.53. The Kier molecular flexibility index (Phi) is 4.59. The van der Waals surface area contributed by atoms with E-state index < -0.39 is 0 Å². The first-order valence-electron chi connectivity index (χ1n) is 7.55. The van der Waals surface area contributed by atoms with Gasteiger partial charge in [-0.2, -0.15) is 5.10 Å². The molecule has 0 unspecified atom stereocenters. The summed E-state index contributed by atoms with van der Waals surface area (Å²) in [6, 6.07) is 2.66. The first-order chi connectivity index (χ1) is 11.6. The second-order valence-electron chi connectivity index (χ2n) is 5.44. The summed E-state index contributed by atoms with van der Waals surface area (Å²) in [4.78, 5) is 44.8. The number of amides is 2. The molecular formula is C15H16N6O3. The van der Waals surface area contributed by atoms with Crippen molar-refractivity contribution >= 4 is 11.8 Å². The van der Waals surface area contributed by atoms with Crippen molar-refractivity contribution in [3.05, 3.63) is 52.5 Å². The quantitative estimate of drug-likeness (QED) is 0.790. The Morgan fingerprint density at radius 3 is 2.58 bits per heavy atom. The smallest absolute Gasteiger partial charge is 0.274 e. The fraction of sp³-hybridized carbons (Fsp3) is 0.333. The molecule has 1 aliphatic heterocycles. The van der Waals surface area contributed by atoms with E-state index in [9.17, 15) is 14.4 Å². The highest BCUT2D eigenvalue weighted by Crippen LogP contribution is 2.13. The second-order valence-corrected chi connectivity index (χ2v) is 5.44. The molecule has 0 aliphatic carbocycles. The summed E-state index contributed by atoms with van der Waals surface area (Å²) in [5.74, 6) is -0.500. The summed E-state index contributed by atoms with van der Waals surface area (Å²) in [5.41, 5.74) is 0.127. The summed E-state index contributed by atoms with van der Waals surface area (Å²) in [6.45, 7) is 1.01. The molecule has 1 fully saturated rings. The zero-order chi connectivity index (χ0) is 16.9. The van der Waals surface area contributed by atoms with Crippen LogP contribution in [0.2, 0.25) is 0 Å². The van der Waals surface area contributed by atoms with Gasteiger partial charge in [0.25, 0.3) is 17.4 Å². The Hall–Kier alpha value is -3.10. The number of rotatable bonds is 3. The van der Waals surface area contributed by atoms with Crippen molar-refractivity contribution in [2.75, 3.05) is 13.1 Å². The third kappa shape index (κ3) is 3.62. The lowest BCUT2D eigenvalue weighted by atomic mass is 10.0. The van der Waals surface area contributed by atoms with Crippen LogP contribution in [0.1, 0.15) is 33.8 Å². The number of carbonyl (C=O) groups is 2. The van der Waals surface area contributed by atoms with Crippen LogP contribution in [0.3, 0.4) is 0 Å². The fourth-order valence-electron chi connectivity index (χ4n) is 2.53. The molecule has 0 atom stereocenters. The molecule has 24 heavy (non-hydrogen) atoms. The minimum absolute atomic E-state index is 0.0212. The summed E-state index contributed by atoms with van der Waals surface area (Å²) in [7, 11) is 0. The van der Waals surface area contributed by atoms with Gasteiger partial charge in [0.1, 0.15) is 11.4 Å². The van der Waals surface area contributed by atoms with Crippen molar-refractivity contribution in [1.29, 1.82) is 0 Å². The Morgan fingerprint density at radius 2 is 1.96 bits per heavy atom. The molecule has 2 aromatic rings. The molecule has 3 heterocycles. The van der Waals surface area contributed by atoms with Gasteiger partial charge in [-0.25, -0.2) is 10.1 Å². The molecule has 1 saturated heterocycles. The van der Waals surface area contributed by atoms with Crippen LogP contribution < -0.4 is 10.9 Å². The molecule has 0 spiro atoms. The molecule has 2 aromatic heterocycles. The summed E-state index contributed by atoms with van der Waals surface area (Å²) >= 11 is 0. The lowest BCUT2D eigenvalue weighted by Gasteiger charge is -2.32. The molecule has 0 saturated carbocycles. The first-order valence-corrected chi connectivity index (χ1v) is 7.55. The number of piperidine rings is 1. The Morgan fingerprint density at radius 1 is 1.17 bits per heavy atom. The summed E-state index contributed by atoms with van der Waals surface area (Å²) in [5, 5.41) is 8.90. The molecule has 2 amide bonds. The molecule has 3 rings (SSSR count). The maximum Gasteiger partial charge on any atom is 0.274 e. The first kappa shape index (κ1) is 15.8. The largest absolute Gasteiger partial charge is 0.348 e. The standard InChI is InChI=1S/C15H16N6O3/c22-13-2-1-11(19-20-13)15(24)21-7-3-10(4-8-21)18-14(23)12-9-16-5-6-17-12/h1-2,5-6,9-10H,3-4,7-8H2,(H,18,23)(H,20,22). The lowest BCUT2D eigenvalue weighted by Crippen LogP contribution is -2.47. The molecule has 0 bridgehead atoms. The van der Waals surface area contributed by atoms with E-state index in [1.54, 1.807) is 4.90 Å². The van der Waals surface area contributed by atoms with Crippen LogP contribution in [0.4, 0.5) is 0 Å². The third-order valence-corrected chi connectivity index (χ3v) is 3.81. The lowest BCUT2D eigenvalue weighted by molar-refractivity contribution is 0.0690. The number of nitrogens with zero attached hydrogens (tertiary/aromatic N) is 4. The maximum absolute atomic E-state index is 12.3. The SMILES string of the molecule is O=C(NC1CCN(C(=O)c2ccc(=O)[nH]n2)CC1)c1cnccn1. The molecule has 1 aliphatic rings. The van der Waals surface area contributed by atoms with E-state index in [0.717, 1.165) is 0 Å². The molecule has 0 radical (unpaired) electrons. The van der Waals surface area contributed by atoms with Crippen LogP contribution in [0.5, 0.6) is 0 Å². The van der Waals surface area contributed by atoms with Gasteiger partial charge in [0.2, 0.25) is 0 Å². The van der Waals surface area contributed by atoms with Crippen LogP contribution in [0.25, 0.3) is 0 Å². The average molecular weight is 328 g/mol. The van der Waals surface area contributed by atoms with E-state index >= 15 is 0 Å². The van der Waals surface area contributed by atoms with Crippen molar-refractivity contribution in [3.63, 3.8) is 0 Å². The van der Waals surface area contributed by atoms with Gasteiger partial charge in [0.15, 0.2) is 0 Å². The van der Waals surface area contributed by atoms with Crippen LogP contribution >= 0.6 is 0 Å². The molecule has 9 nitrogen and oxygen atoms in total. The van der Waals surface area contributed by atoms with Crippen LogP contribution in [0.15, 0.2) is 35.5 Å². The number of aromatic amines is 1. The second kappa shape index (κ2) is 6.99. The highest BCUT2D eigenvalue weighted by molar-refractivity contribution is 5.93. The van der Waals surface area contributed by atoms with Gasteiger partial charge in [-0.3, -0.25) is 19.4 Å². The monoisotopic (exact) mass is 328 g/mol. The van der Waals surface area contributed by atoms with Gasteiger partial charge in [-0.15, -0.1) is 0 Å². The zero-order valence-electron chi connectivity index (χ0n) is 12.8. The predicted octanol–water partition coefficient (Wildman–Crippen LogP) is -0.405. The number of nitrogens with one attached hydrogen (secondary N) is 2. The number of aromatic nitrogens is 4. The molecular weight excluding hydrogens is 312 g/mol. The van der Waals surface area contributed by atoms with Crippen molar-refractivity contribution < 1.29 is 9.59 Å². The van der Waals surface area contributed by atoms with Crippen LogP contribution in [-0.4, -0.2) is 56.0 Å². The predicted molar refractivity (Wildman–Crippen MR) is 83.3 cm³/mol. The van der Waals surface area contributed by atoms with Crippen molar-refractivity contribution in [1.82, 2.24) is 30.4 Å². The van der Waals surface area contributed by atoms with Gasteiger partial charge < -0.3 is 10.2 Å². The topological polar surface area (TPSA) is 121 Å². The van der Waals surface area contributed by atoms with Crippen LogP contribution in [-0.2, 0) is 0 Å². The normalized spacial score (nSPS) is 15.1. The van der Waals surface area contributed by atoms with E-state index in [0.29, 0.717) is 25.9 Å². The van der Waals surface area contributed by atoms with Gasteiger partial charge in [-0.05, 0) is 18.9 Å². The molecule has 2 N–H and O–H groups in total. The summed E-state index contributed by atoms with van der Waals surface area (Å²) < 4.78 is 0. The van der Waals surface area contributed by atoms with Crippen LogP contribution in [0, 0.1) is 0 Å². The number of hydrogen-bond donors (Lipinski definition) is 2. The molecule has 9 heteroatoms. The molecule has 124 valence electrons.